The molecular formula is C13H12O4. The van der Waals surface area contributed by atoms with E-state index in [1.165, 1.54) is 13.0 Å². The van der Waals surface area contributed by atoms with Crippen LogP contribution in [0, 0.1) is 0 Å². The van der Waals surface area contributed by atoms with Crippen LogP contribution in [0.3, 0.4) is 0 Å². The zero-order valence-corrected chi connectivity index (χ0v) is 9.40. The fourth-order valence-corrected chi connectivity index (χ4v) is 1.71. The van der Waals surface area contributed by atoms with Crippen LogP contribution in [-0.2, 0) is 9.53 Å². The smallest absolute Gasteiger partial charge is 0.334 e. The highest BCUT2D eigenvalue weighted by atomic mass is 16.5. The van der Waals surface area contributed by atoms with Crippen molar-refractivity contribution in [3.8, 4) is 5.75 Å². The van der Waals surface area contributed by atoms with Gasteiger partial charge in [0, 0.05) is 12.0 Å². The van der Waals surface area contributed by atoms with Gasteiger partial charge in [-0.15, -0.1) is 0 Å². The van der Waals surface area contributed by atoms with Crippen LogP contribution >= 0.6 is 0 Å². The number of rotatable bonds is 2. The summed E-state index contributed by atoms with van der Waals surface area (Å²) in [7, 11) is 0. The molecule has 1 aromatic carbocycles. The summed E-state index contributed by atoms with van der Waals surface area (Å²) in [6.07, 6.45) is 2.26. The first-order valence-corrected chi connectivity index (χ1v) is 5.29. The first-order valence-electron chi connectivity index (χ1n) is 5.29. The van der Waals surface area contributed by atoms with E-state index < -0.39 is 0 Å². The molecule has 17 heavy (non-hydrogen) atoms. The molecule has 1 aliphatic heterocycles. The number of carbonyl (C=O) groups excluding carboxylic acids is 2. The van der Waals surface area contributed by atoms with Gasteiger partial charge in [0.05, 0.1) is 12.2 Å². The molecule has 0 spiro atoms. The highest BCUT2D eigenvalue weighted by molar-refractivity contribution is 5.98. The van der Waals surface area contributed by atoms with Crippen molar-refractivity contribution in [1.29, 1.82) is 0 Å². The van der Waals surface area contributed by atoms with Gasteiger partial charge in [0.25, 0.3) is 0 Å². The Bertz CT molecular complexity index is 514. The molecule has 1 N–H and O–H groups in total. The monoisotopic (exact) mass is 232 g/mol. The van der Waals surface area contributed by atoms with Gasteiger partial charge in [-0.2, -0.15) is 0 Å². The normalized spacial score (nSPS) is 17.2. The van der Waals surface area contributed by atoms with Crippen LogP contribution in [0.2, 0.25) is 0 Å². The number of ketones is 1. The molecule has 0 atom stereocenters. The third-order valence-corrected chi connectivity index (χ3v) is 2.61. The lowest BCUT2D eigenvalue weighted by Crippen LogP contribution is -1.96. The topological polar surface area (TPSA) is 63.6 Å². The largest absolute Gasteiger partial charge is 0.507 e. The quantitative estimate of drug-likeness (QED) is 0.480. The fraction of sp³-hybridized carbons (Fsp3) is 0.231. The third-order valence-electron chi connectivity index (χ3n) is 2.61. The number of benzene rings is 1. The van der Waals surface area contributed by atoms with E-state index in [2.05, 4.69) is 0 Å². The van der Waals surface area contributed by atoms with Crippen molar-refractivity contribution in [1.82, 2.24) is 0 Å². The van der Waals surface area contributed by atoms with E-state index >= 15 is 0 Å². The minimum absolute atomic E-state index is 0.0475. The number of phenols is 1. The second-order valence-corrected chi connectivity index (χ2v) is 3.89. The molecule has 0 amide bonds. The van der Waals surface area contributed by atoms with Crippen molar-refractivity contribution in [3.05, 3.63) is 34.9 Å². The summed E-state index contributed by atoms with van der Waals surface area (Å²) in [4.78, 5) is 22.5. The van der Waals surface area contributed by atoms with Gasteiger partial charge in [-0.1, -0.05) is 6.07 Å². The molecule has 0 bridgehead atoms. The Morgan fingerprint density at radius 3 is 2.82 bits per heavy atom. The molecule has 0 saturated carbocycles. The third kappa shape index (κ3) is 2.36. The highest BCUT2D eigenvalue weighted by Crippen LogP contribution is 2.22. The van der Waals surface area contributed by atoms with Gasteiger partial charge in [-0.3, -0.25) is 4.79 Å². The van der Waals surface area contributed by atoms with Crippen molar-refractivity contribution >= 4 is 17.8 Å². The van der Waals surface area contributed by atoms with E-state index in [0.29, 0.717) is 24.2 Å². The maximum atomic E-state index is 11.3. The Hall–Kier alpha value is -2.10. The first-order chi connectivity index (χ1) is 8.08. The standard InChI is InChI=1S/C13H12O4/c1-8(14)11-7-9(2-3-12(11)15)6-10-4-5-17-13(10)16/h2-3,6-7,15H,4-5H2,1H3. The summed E-state index contributed by atoms with van der Waals surface area (Å²) >= 11 is 0. The van der Waals surface area contributed by atoms with E-state index in [9.17, 15) is 14.7 Å². The summed E-state index contributed by atoms with van der Waals surface area (Å²) in [6.45, 7) is 1.79. The van der Waals surface area contributed by atoms with E-state index in [0.717, 1.165) is 0 Å². The molecule has 1 saturated heterocycles. The summed E-state index contributed by atoms with van der Waals surface area (Å²) in [5.41, 5.74) is 1.55. The number of hydrogen-bond donors (Lipinski definition) is 1. The van der Waals surface area contributed by atoms with Gasteiger partial charge in [-0.25, -0.2) is 4.79 Å². The summed E-state index contributed by atoms with van der Waals surface area (Å²) < 4.78 is 4.82. The first kappa shape index (κ1) is 11.4. The van der Waals surface area contributed by atoms with E-state index in [1.807, 2.05) is 0 Å². The number of cyclic esters (lactones) is 1. The minimum atomic E-state index is -0.317. The number of hydrogen-bond acceptors (Lipinski definition) is 4. The van der Waals surface area contributed by atoms with Crippen LogP contribution in [0.4, 0.5) is 0 Å². The maximum absolute atomic E-state index is 11.3. The Kier molecular flexibility index (Phi) is 2.95. The molecular weight excluding hydrogens is 220 g/mol. The number of carbonyl (C=O) groups is 2. The fourth-order valence-electron chi connectivity index (χ4n) is 1.71. The average molecular weight is 232 g/mol. The molecule has 0 radical (unpaired) electrons. The molecule has 4 heteroatoms. The van der Waals surface area contributed by atoms with Crippen LogP contribution < -0.4 is 0 Å². The molecule has 1 aromatic rings. The Labute approximate surface area is 98.5 Å². The second-order valence-electron chi connectivity index (χ2n) is 3.89. The summed E-state index contributed by atoms with van der Waals surface area (Å²) in [5, 5.41) is 9.49. The number of Topliss-reactive ketones (excluding diaryl/α,β-unsaturated/α-hetero) is 1. The number of phenolic OH excluding ortho intramolecular Hbond substituents is 1. The Morgan fingerprint density at radius 2 is 2.24 bits per heavy atom. The zero-order valence-electron chi connectivity index (χ0n) is 9.40. The van der Waals surface area contributed by atoms with Gasteiger partial charge < -0.3 is 9.84 Å². The zero-order chi connectivity index (χ0) is 12.4. The van der Waals surface area contributed by atoms with Crippen molar-refractivity contribution in [3.63, 3.8) is 0 Å². The van der Waals surface area contributed by atoms with Crippen LogP contribution in [0.15, 0.2) is 23.8 Å². The van der Waals surface area contributed by atoms with Crippen LogP contribution in [-0.4, -0.2) is 23.5 Å². The Morgan fingerprint density at radius 1 is 1.47 bits per heavy atom. The number of esters is 1. The lowest BCUT2D eigenvalue weighted by Gasteiger charge is -2.02. The molecule has 4 nitrogen and oxygen atoms in total. The van der Waals surface area contributed by atoms with Gasteiger partial charge in [-0.05, 0) is 30.7 Å². The molecule has 88 valence electrons. The van der Waals surface area contributed by atoms with Gasteiger partial charge in [0.15, 0.2) is 5.78 Å². The number of ether oxygens (including phenoxy) is 1. The Balaban J connectivity index is 2.37. The van der Waals surface area contributed by atoms with Crippen LogP contribution in [0.5, 0.6) is 5.75 Å². The number of aromatic hydroxyl groups is 1. The minimum Gasteiger partial charge on any atom is -0.507 e. The van der Waals surface area contributed by atoms with Gasteiger partial charge in [0.1, 0.15) is 5.75 Å². The molecule has 1 aliphatic rings. The van der Waals surface area contributed by atoms with Crippen molar-refractivity contribution in [2.75, 3.05) is 6.61 Å². The molecule has 1 heterocycles. The SMILES string of the molecule is CC(=O)c1cc(C=C2CCOC2=O)ccc1O. The molecule has 0 unspecified atom stereocenters. The van der Waals surface area contributed by atoms with Crippen molar-refractivity contribution in [2.24, 2.45) is 0 Å². The molecule has 0 aromatic heterocycles. The predicted octanol–water partition coefficient (Wildman–Crippen LogP) is 1.93. The highest BCUT2D eigenvalue weighted by Gasteiger charge is 2.18. The molecule has 0 aliphatic carbocycles. The van der Waals surface area contributed by atoms with Crippen molar-refractivity contribution in [2.45, 2.75) is 13.3 Å². The van der Waals surface area contributed by atoms with Crippen molar-refractivity contribution < 1.29 is 19.4 Å². The lowest BCUT2D eigenvalue weighted by atomic mass is 10.0. The lowest BCUT2D eigenvalue weighted by molar-refractivity contribution is -0.134. The van der Waals surface area contributed by atoms with Crippen LogP contribution in [0.1, 0.15) is 29.3 Å². The molecule has 1 fully saturated rings. The second kappa shape index (κ2) is 4.41. The van der Waals surface area contributed by atoms with Gasteiger partial charge in [0.2, 0.25) is 0 Å². The average Bonchev–Trinajstić information content (AvgIpc) is 2.67. The summed E-state index contributed by atoms with van der Waals surface area (Å²) in [5.74, 6) is -0.576. The van der Waals surface area contributed by atoms with Crippen LogP contribution in [0.25, 0.3) is 6.08 Å². The van der Waals surface area contributed by atoms with Gasteiger partial charge >= 0.3 is 5.97 Å². The van der Waals surface area contributed by atoms with E-state index in [-0.39, 0.29) is 23.1 Å². The maximum Gasteiger partial charge on any atom is 0.334 e. The predicted molar refractivity (Wildman–Crippen MR) is 61.7 cm³/mol. The molecule has 2 rings (SSSR count). The van der Waals surface area contributed by atoms with E-state index in [1.54, 1.807) is 18.2 Å². The van der Waals surface area contributed by atoms with E-state index in [4.69, 9.17) is 4.74 Å². The summed E-state index contributed by atoms with van der Waals surface area (Å²) in [6, 6.07) is 4.67.